The van der Waals surface area contributed by atoms with Gasteiger partial charge in [0.25, 0.3) is 5.91 Å². The summed E-state index contributed by atoms with van der Waals surface area (Å²) in [6, 6.07) is 4.24. The molecule has 1 aliphatic rings. The quantitative estimate of drug-likeness (QED) is 0.793. The summed E-state index contributed by atoms with van der Waals surface area (Å²) in [5.41, 5.74) is -1.01. The van der Waals surface area contributed by atoms with Gasteiger partial charge < -0.3 is 9.64 Å². The van der Waals surface area contributed by atoms with Crippen molar-refractivity contribution in [2.45, 2.75) is 38.7 Å². The van der Waals surface area contributed by atoms with Crippen LogP contribution in [0.4, 0.5) is 13.2 Å². The smallest absolute Gasteiger partial charge is 0.356 e. The van der Waals surface area contributed by atoms with Crippen molar-refractivity contribution in [2.24, 2.45) is 0 Å². The number of carbonyl (C=O) groups is 1. The summed E-state index contributed by atoms with van der Waals surface area (Å²) in [6.45, 7) is 5.87. The monoisotopic (exact) mass is 287 g/mol. The van der Waals surface area contributed by atoms with Crippen molar-refractivity contribution < 1.29 is 22.7 Å². The average molecular weight is 287 g/mol. The molecule has 1 unspecified atom stereocenters. The maximum Gasteiger partial charge on any atom is 0.416 e. The van der Waals surface area contributed by atoms with Crippen molar-refractivity contribution >= 4 is 5.91 Å². The molecule has 1 heterocycles. The van der Waals surface area contributed by atoms with E-state index in [-0.39, 0.29) is 17.7 Å². The first-order valence-corrected chi connectivity index (χ1v) is 6.25. The molecule has 20 heavy (non-hydrogen) atoms. The van der Waals surface area contributed by atoms with E-state index in [1.54, 1.807) is 11.8 Å². The van der Waals surface area contributed by atoms with Crippen LogP contribution in [0.1, 0.15) is 36.7 Å². The van der Waals surface area contributed by atoms with Crippen molar-refractivity contribution in [3.05, 3.63) is 35.4 Å². The molecule has 110 valence electrons. The van der Waals surface area contributed by atoms with Crippen LogP contribution in [0.5, 0.6) is 0 Å². The molecule has 0 saturated carbocycles. The van der Waals surface area contributed by atoms with Gasteiger partial charge in [-0.15, -0.1) is 0 Å². The van der Waals surface area contributed by atoms with Crippen LogP contribution in [0.15, 0.2) is 24.3 Å². The summed E-state index contributed by atoms with van der Waals surface area (Å²) in [4.78, 5) is 13.9. The normalized spacial score (nSPS) is 22.1. The van der Waals surface area contributed by atoms with Crippen molar-refractivity contribution in [1.29, 1.82) is 0 Å². The maximum atomic E-state index is 12.5. The predicted octanol–water partition coefficient (Wildman–Crippen LogP) is 3.30. The van der Waals surface area contributed by atoms with Crippen molar-refractivity contribution in [2.75, 3.05) is 6.61 Å². The molecule has 0 radical (unpaired) electrons. The number of rotatable bonds is 1. The highest BCUT2D eigenvalue weighted by Gasteiger charge is 2.41. The fraction of sp³-hybridized carbons (Fsp3) is 0.500. The summed E-state index contributed by atoms with van der Waals surface area (Å²) in [6.07, 6.45) is -4.79. The molecule has 0 N–H and O–H groups in total. The maximum absolute atomic E-state index is 12.5. The predicted molar refractivity (Wildman–Crippen MR) is 67.1 cm³/mol. The van der Waals surface area contributed by atoms with E-state index in [9.17, 15) is 18.0 Å². The summed E-state index contributed by atoms with van der Waals surface area (Å²) >= 11 is 0. The van der Waals surface area contributed by atoms with E-state index in [1.165, 1.54) is 12.1 Å². The van der Waals surface area contributed by atoms with E-state index in [0.29, 0.717) is 6.61 Å². The van der Waals surface area contributed by atoms with E-state index < -0.39 is 17.3 Å². The van der Waals surface area contributed by atoms with Gasteiger partial charge >= 0.3 is 6.18 Å². The molecule has 6 heteroatoms. The number of benzene rings is 1. The molecule has 3 nitrogen and oxygen atoms in total. The Morgan fingerprint density at radius 1 is 1.30 bits per heavy atom. The second-order valence-electron chi connectivity index (χ2n) is 5.47. The lowest BCUT2D eigenvalue weighted by atomic mass is 10.0. The van der Waals surface area contributed by atoms with Crippen LogP contribution in [0, 0.1) is 0 Å². The molecular formula is C14H16F3NO2. The van der Waals surface area contributed by atoms with Gasteiger partial charge in [-0.1, -0.05) is 0 Å². The summed E-state index contributed by atoms with van der Waals surface area (Å²) in [5, 5.41) is 0. The molecule has 1 aromatic carbocycles. The molecule has 1 saturated heterocycles. The van der Waals surface area contributed by atoms with Crippen LogP contribution >= 0.6 is 0 Å². The molecular weight excluding hydrogens is 271 g/mol. The number of amides is 1. The Morgan fingerprint density at radius 3 is 2.25 bits per heavy atom. The zero-order valence-corrected chi connectivity index (χ0v) is 11.5. The highest BCUT2D eigenvalue weighted by Crippen LogP contribution is 2.31. The van der Waals surface area contributed by atoms with Crippen LogP contribution in [-0.4, -0.2) is 29.2 Å². The Labute approximate surface area is 115 Å². The fourth-order valence-corrected chi connectivity index (χ4v) is 2.34. The summed E-state index contributed by atoms with van der Waals surface area (Å²) < 4.78 is 42.9. The lowest BCUT2D eigenvalue weighted by Gasteiger charge is -2.32. The number of halogens is 3. The summed E-state index contributed by atoms with van der Waals surface area (Å²) in [5.74, 6) is -0.325. The zero-order valence-electron chi connectivity index (χ0n) is 11.5. The highest BCUT2D eigenvalue weighted by atomic mass is 19.4. The van der Waals surface area contributed by atoms with E-state index in [4.69, 9.17) is 4.74 Å². The van der Waals surface area contributed by atoms with Crippen LogP contribution in [0.3, 0.4) is 0 Å². The van der Waals surface area contributed by atoms with Crippen LogP contribution in [0.25, 0.3) is 0 Å². The number of nitrogens with zero attached hydrogens (tertiary/aromatic N) is 1. The molecule has 1 fully saturated rings. The first-order valence-electron chi connectivity index (χ1n) is 6.25. The lowest BCUT2D eigenvalue weighted by Crippen LogP contribution is -2.47. The Morgan fingerprint density at radius 2 is 1.85 bits per heavy atom. The number of hydrogen-bond acceptors (Lipinski definition) is 2. The minimum Gasteiger partial charge on any atom is -0.356 e. The molecule has 0 aliphatic carbocycles. The van der Waals surface area contributed by atoms with Gasteiger partial charge in [0, 0.05) is 5.56 Å². The van der Waals surface area contributed by atoms with Gasteiger partial charge in [-0.05, 0) is 45.0 Å². The van der Waals surface area contributed by atoms with Crippen LogP contribution < -0.4 is 0 Å². The van der Waals surface area contributed by atoms with E-state index in [1.807, 2.05) is 13.8 Å². The Kier molecular flexibility index (Phi) is 3.54. The fourth-order valence-electron chi connectivity index (χ4n) is 2.34. The standard InChI is InChI=1S/C14H16F3NO2/c1-9-18(13(2,3)8-20-9)12(19)10-4-6-11(7-5-10)14(15,16)17/h4-7,9H,8H2,1-3H3. The summed E-state index contributed by atoms with van der Waals surface area (Å²) in [7, 11) is 0. The number of ether oxygens (including phenoxy) is 1. The third-order valence-corrected chi connectivity index (χ3v) is 3.37. The lowest BCUT2D eigenvalue weighted by molar-refractivity contribution is -0.137. The molecule has 2 rings (SSSR count). The van der Waals surface area contributed by atoms with Crippen molar-refractivity contribution in [3.63, 3.8) is 0 Å². The second-order valence-corrected chi connectivity index (χ2v) is 5.47. The van der Waals surface area contributed by atoms with E-state index >= 15 is 0 Å². The molecule has 1 aliphatic heterocycles. The topological polar surface area (TPSA) is 29.5 Å². The molecule has 1 atom stereocenters. The van der Waals surface area contributed by atoms with Gasteiger partial charge in [0.2, 0.25) is 0 Å². The number of hydrogen-bond donors (Lipinski definition) is 0. The minimum absolute atomic E-state index is 0.225. The Hall–Kier alpha value is -1.56. The van der Waals surface area contributed by atoms with Gasteiger partial charge in [0.1, 0.15) is 6.23 Å². The van der Waals surface area contributed by atoms with E-state index in [0.717, 1.165) is 12.1 Å². The first kappa shape index (κ1) is 14.8. The SMILES string of the molecule is CC1OCC(C)(C)N1C(=O)c1ccc(C(F)(F)F)cc1. The molecule has 0 bridgehead atoms. The third-order valence-electron chi connectivity index (χ3n) is 3.37. The van der Waals surface area contributed by atoms with Gasteiger partial charge in [-0.25, -0.2) is 0 Å². The van der Waals surface area contributed by atoms with Gasteiger partial charge in [-0.2, -0.15) is 13.2 Å². The largest absolute Gasteiger partial charge is 0.416 e. The minimum atomic E-state index is -4.40. The van der Waals surface area contributed by atoms with Crippen LogP contribution in [-0.2, 0) is 10.9 Å². The molecule has 1 amide bonds. The molecule has 0 aromatic heterocycles. The van der Waals surface area contributed by atoms with Gasteiger partial charge in [0.15, 0.2) is 0 Å². The Bertz CT molecular complexity index is 508. The number of alkyl halides is 3. The van der Waals surface area contributed by atoms with E-state index in [2.05, 4.69) is 0 Å². The third kappa shape index (κ3) is 2.65. The number of carbonyl (C=O) groups excluding carboxylic acids is 1. The van der Waals surface area contributed by atoms with Crippen molar-refractivity contribution in [3.8, 4) is 0 Å². The molecule has 0 spiro atoms. The average Bonchev–Trinajstić information content (AvgIpc) is 2.62. The van der Waals surface area contributed by atoms with Crippen LogP contribution in [0.2, 0.25) is 0 Å². The Balaban J connectivity index is 2.26. The van der Waals surface area contributed by atoms with Gasteiger partial charge in [-0.3, -0.25) is 4.79 Å². The first-order chi connectivity index (χ1) is 9.13. The zero-order chi connectivity index (χ0) is 15.1. The highest BCUT2D eigenvalue weighted by molar-refractivity contribution is 5.95. The van der Waals surface area contributed by atoms with Gasteiger partial charge in [0.05, 0.1) is 17.7 Å². The molecule has 1 aromatic rings. The van der Waals surface area contributed by atoms with Crippen molar-refractivity contribution in [1.82, 2.24) is 4.90 Å². The second kappa shape index (κ2) is 4.77.